The van der Waals surface area contributed by atoms with Crippen molar-refractivity contribution < 1.29 is 4.39 Å². The molecular formula is C14H13BrFN. The lowest BCUT2D eigenvalue weighted by Crippen LogP contribution is -2.11. The Balaban J connectivity index is 2.33. The molecule has 0 aliphatic carbocycles. The van der Waals surface area contributed by atoms with Crippen molar-refractivity contribution in [1.29, 1.82) is 0 Å². The second kappa shape index (κ2) is 4.98. The number of hydrogen-bond donors (Lipinski definition) is 1. The second-order valence-corrected chi connectivity index (χ2v) is 4.89. The molecule has 3 heteroatoms. The number of benzene rings is 2. The molecule has 0 radical (unpaired) electrons. The van der Waals surface area contributed by atoms with Crippen molar-refractivity contribution >= 4 is 15.9 Å². The third-order valence-electron chi connectivity index (χ3n) is 2.78. The Bertz CT molecular complexity index is 522. The van der Waals surface area contributed by atoms with Crippen molar-refractivity contribution in [2.24, 2.45) is 5.73 Å². The Labute approximate surface area is 109 Å². The highest BCUT2D eigenvalue weighted by molar-refractivity contribution is 9.10. The Morgan fingerprint density at radius 2 is 1.65 bits per heavy atom. The first kappa shape index (κ1) is 12.3. The van der Waals surface area contributed by atoms with Gasteiger partial charge in [-0.1, -0.05) is 40.2 Å². The van der Waals surface area contributed by atoms with Gasteiger partial charge in [0.05, 0.1) is 6.04 Å². The highest BCUT2D eigenvalue weighted by Gasteiger charge is 2.09. The van der Waals surface area contributed by atoms with Gasteiger partial charge in [0.15, 0.2) is 0 Å². The van der Waals surface area contributed by atoms with E-state index in [0.29, 0.717) is 0 Å². The Kier molecular flexibility index (Phi) is 3.60. The van der Waals surface area contributed by atoms with Gasteiger partial charge < -0.3 is 5.73 Å². The summed E-state index contributed by atoms with van der Waals surface area (Å²) in [5.41, 5.74) is 9.22. The van der Waals surface area contributed by atoms with Crippen molar-refractivity contribution in [2.45, 2.75) is 13.0 Å². The molecule has 0 saturated carbocycles. The Morgan fingerprint density at radius 1 is 1.06 bits per heavy atom. The normalized spacial score (nSPS) is 12.5. The fourth-order valence-corrected chi connectivity index (χ4v) is 2.06. The van der Waals surface area contributed by atoms with Crippen LogP contribution in [-0.4, -0.2) is 0 Å². The van der Waals surface area contributed by atoms with E-state index in [2.05, 4.69) is 15.9 Å². The molecule has 2 N–H and O–H groups in total. The standard InChI is InChI=1S/C14H13BrFN/c1-9-2-3-11(8-13(9)15)14(17)10-4-6-12(16)7-5-10/h2-8,14H,17H2,1H3. The third-order valence-corrected chi connectivity index (χ3v) is 3.64. The zero-order valence-electron chi connectivity index (χ0n) is 9.45. The Morgan fingerprint density at radius 3 is 2.24 bits per heavy atom. The largest absolute Gasteiger partial charge is 0.320 e. The molecule has 0 aliphatic rings. The molecule has 0 heterocycles. The van der Waals surface area contributed by atoms with Gasteiger partial charge in [-0.15, -0.1) is 0 Å². The fourth-order valence-electron chi connectivity index (χ4n) is 1.67. The highest BCUT2D eigenvalue weighted by Crippen LogP contribution is 2.24. The van der Waals surface area contributed by atoms with Gasteiger partial charge in [0.25, 0.3) is 0 Å². The fraction of sp³-hybridized carbons (Fsp3) is 0.143. The molecule has 0 spiro atoms. The number of rotatable bonds is 2. The van der Waals surface area contributed by atoms with Crippen molar-refractivity contribution in [1.82, 2.24) is 0 Å². The topological polar surface area (TPSA) is 26.0 Å². The number of halogens is 2. The predicted molar refractivity (Wildman–Crippen MR) is 71.3 cm³/mol. The first-order valence-corrected chi connectivity index (χ1v) is 6.14. The van der Waals surface area contributed by atoms with Gasteiger partial charge in [0.2, 0.25) is 0 Å². The van der Waals surface area contributed by atoms with E-state index in [4.69, 9.17) is 5.73 Å². The Hall–Kier alpha value is -1.19. The summed E-state index contributed by atoms with van der Waals surface area (Å²) in [7, 11) is 0. The molecule has 1 unspecified atom stereocenters. The quantitative estimate of drug-likeness (QED) is 0.892. The van der Waals surface area contributed by atoms with Crippen LogP contribution >= 0.6 is 15.9 Å². The predicted octanol–water partition coefficient (Wildman–Crippen LogP) is 3.94. The molecule has 2 aromatic carbocycles. The van der Waals surface area contributed by atoms with Crippen molar-refractivity contribution in [3.63, 3.8) is 0 Å². The molecule has 88 valence electrons. The molecule has 0 saturated heterocycles. The smallest absolute Gasteiger partial charge is 0.123 e. The summed E-state index contributed by atoms with van der Waals surface area (Å²) in [5.74, 6) is -0.244. The molecule has 0 amide bonds. The molecule has 0 aliphatic heterocycles. The molecule has 17 heavy (non-hydrogen) atoms. The van der Waals surface area contributed by atoms with Gasteiger partial charge >= 0.3 is 0 Å². The van der Waals surface area contributed by atoms with Crippen LogP contribution in [0.2, 0.25) is 0 Å². The molecule has 0 fully saturated rings. The lowest BCUT2D eigenvalue weighted by Gasteiger charge is -2.13. The SMILES string of the molecule is Cc1ccc(C(N)c2ccc(F)cc2)cc1Br. The summed E-state index contributed by atoms with van der Waals surface area (Å²) >= 11 is 3.48. The minimum Gasteiger partial charge on any atom is -0.320 e. The van der Waals surface area contributed by atoms with Crippen molar-refractivity contribution in [2.75, 3.05) is 0 Å². The summed E-state index contributed by atoms with van der Waals surface area (Å²) in [6.45, 7) is 2.03. The van der Waals surface area contributed by atoms with Crippen LogP contribution in [0.3, 0.4) is 0 Å². The summed E-state index contributed by atoms with van der Waals surface area (Å²) in [4.78, 5) is 0. The average molecular weight is 294 g/mol. The average Bonchev–Trinajstić information content (AvgIpc) is 2.33. The van der Waals surface area contributed by atoms with E-state index in [1.165, 1.54) is 17.7 Å². The summed E-state index contributed by atoms with van der Waals surface area (Å²) < 4.78 is 13.9. The van der Waals surface area contributed by atoms with Crippen LogP contribution in [0.1, 0.15) is 22.7 Å². The van der Waals surface area contributed by atoms with Crippen LogP contribution in [0.5, 0.6) is 0 Å². The monoisotopic (exact) mass is 293 g/mol. The molecule has 2 rings (SSSR count). The molecule has 1 atom stereocenters. The lowest BCUT2D eigenvalue weighted by atomic mass is 9.99. The summed E-state index contributed by atoms with van der Waals surface area (Å²) in [6.07, 6.45) is 0. The van der Waals surface area contributed by atoms with E-state index in [1.54, 1.807) is 12.1 Å². The minimum atomic E-state index is -0.244. The number of aryl methyl sites for hydroxylation is 1. The van der Waals surface area contributed by atoms with E-state index in [9.17, 15) is 4.39 Å². The van der Waals surface area contributed by atoms with Crippen LogP contribution in [0.25, 0.3) is 0 Å². The second-order valence-electron chi connectivity index (χ2n) is 4.04. The minimum absolute atomic E-state index is 0.229. The summed E-state index contributed by atoms with van der Waals surface area (Å²) in [5, 5.41) is 0. The van der Waals surface area contributed by atoms with E-state index >= 15 is 0 Å². The van der Waals surface area contributed by atoms with Crippen LogP contribution in [0.15, 0.2) is 46.9 Å². The molecule has 0 bridgehead atoms. The number of nitrogens with two attached hydrogens (primary N) is 1. The number of hydrogen-bond acceptors (Lipinski definition) is 1. The van der Waals surface area contributed by atoms with Gasteiger partial charge in [-0.2, -0.15) is 0 Å². The van der Waals surface area contributed by atoms with Crippen LogP contribution < -0.4 is 5.73 Å². The van der Waals surface area contributed by atoms with Gasteiger partial charge in [-0.3, -0.25) is 0 Å². The molecular weight excluding hydrogens is 281 g/mol. The van der Waals surface area contributed by atoms with Crippen LogP contribution in [-0.2, 0) is 0 Å². The first-order valence-electron chi connectivity index (χ1n) is 5.35. The van der Waals surface area contributed by atoms with Crippen LogP contribution in [0, 0.1) is 12.7 Å². The van der Waals surface area contributed by atoms with E-state index in [0.717, 1.165) is 15.6 Å². The van der Waals surface area contributed by atoms with Gasteiger partial charge in [-0.25, -0.2) is 4.39 Å². The van der Waals surface area contributed by atoms with Crippen molar-refractivity contribution in [3.05, 3.63) is 69.4 Å². The summed E-state index contributed by atoms with van der Waals surface area (Å²) in [6, 6.07) is 12.1. The molecule has 2 aromatic rings. The maximum atomic E-state index is 12.8. The highest BCUT2D eigenvalue weighted by atomic mass is 79.9. The van der Waals surface area contributed by atoms with E-state index in [1.807, 2.05) is 25.1 Å². The van der Waals surface area contributed by atoms with Gasteiger partial charge in [0.1, 0.15) is 5.82 Å². The van der Waals surface area contributed by atoms with E-state index < -0.39 is 0 Å². The lowest BCUT2D eigenvalue weighted by molar-refractivity contribution is 0.626. The van der Waals surface area contributed by atoms with Crippen molar-refractivity contribution in [3.8, 4) is 0 Å². The zero-order chi connectivity index (χ0) is 12.4. The molecule has 1 nitrogen and oxygen atoms in total. The first-order chi connectivity index (χ1) is 8.08. The zero-order valence-corrected chi connectivity index (χ0v) is 11.0. The third kappa shape index (κ3) is 2.73. The van der Waals surface area contributed by atoms with Crippen LogP contribution in [0.4, 0.5) is 4.39 Å². The van der Waals surface area contributed by atoms with Gasteiger partial charge in [0, 0.05) is 4.47 Å². The van der Waals surface area contributed by atoms with E-state index in [-0.39, 0.29) is 11.9 Å². The maximum absolute atomic E-state index is 12.8. The maximum Gasteiger partial charge on any atom is 0.123 e. The van der Waals surface area contributed by atoms with Gasteiger partial charge in [-0.05, 0) is 41.8 Å². The molecule has 0 aromatic heterocycles.